The minimum atomic E-state index is -4.44. The van der Waals surface area contributed by atoms with Crippen molar-refractivity contribution in [2.45, 2.75) is 55.4 Å². The molecule has 10 nitrogen and oxygen atoms in total. The molecule has 0 radical (unpaired) electrons. The molecule has 2 aliphatic rings. The Morgan fingerprint density at radius 1 is 0.980 bits per heavy atom. The third kappa shape index (κ3) is 9.32. The van der Waals surface area contributed by atoms with Crippen molar-refractivity contribution in [1.29, 1.82) is 0 Å². The molecule has 1 aliphatic heterocycles. The molecule has 14 heteroatoms. The number of hydrogen-bond donors (Lipinski definition) is 2. The summed E-state index contributed by atoms with van der Waals surface area (Å²) in [6.07, 6.45) is 2.32. The van der Waals surface area contributed by atoms with Crippen molar-refractivity contribution >= 4 is 17.7 Å². The number of carbonyl (C=O) groups is 1. The molecule has 1 fully saturated rings. The molecular formula is C37H35F3N6O4S. The number of halogens is 3. The van der Waals surface area contributed by atoms with Crippen LogP contribution in [0.4, 0.5) is 13.2 Å². The van der Waals surface area contributed by atoms with Crippen LogP contribution in [-0.4, -0.2) is 48.7 Å². The lowest BCUT2D eigenvalue weighted by atomic mass is 10.0. The van der Waals surface area contributed by atoms with Crippen molar-refractivity contribution in [3.8, 4) is 17.2 Å². The fourth-order valence-electron chi connectivity index (χ4n) is 5.46. The van der Waals surface area contributed by atoms with Gasteiger partial charge in [0.1, 0.15) is 11.5 Å². The Labute approximate surface area is 295 Å². The summed E-state index contributed by atoms with van der Waals surface area (Å²) >= 11 is 1.67. The standard InChI is InChI=1S/C33H31F3N4O3S.C4H4N2O/c34-33(35,36)23-6-4-9-26(18-23)43-25-14-12-22(13-15-25)19-37-20-30(41)39-17-16-29-28(21-39)31(42)40(24-7-2-1-3-8-24)32(38-29)44-27-10-5-11-27;7-4-1-2-5-3-6-4/h1-4,6-9,12-15,18,27,37H,5,10-11,16-17,19-21H2;1-3H,(H,5,6,7). The van der Waals surface area contributed by atoms with E-state index >= 15 is 0 Å². The summed E-state index contributed by atoms with van der Waals surface area (Å²) in [5.41, 5.74) is 1.96. The van der Waals surface area contributed by atoms with Crippen LogP contribution in [0.2, 0.25) is 0 Å². The second-order valence-corrected chi connectivity index (χ2v) is 13.3. The van der Waals surface area contributed by atoms with Crippen molar-refractivity contribution in [3.63, 3.8) is 0 Å². The highest BCUT2D eigenvalue weighted by Crippen LogP contribution is 2.36. The van der Waals surface area contributed by atoms with Gasteiger partial charge in [-0.2, -0.15) is 13.2 Å². The molecule has 0 bridgehead atoms. The average molecular weight is 717 g/mol. The van der Waals surface area contributed by atoms with Crippen molar-refractivity contribution in [1.82, 2.24) is 29.7 Å². The number of carbonyl (C=O) groups excluding carboxylic acids is 1. The van der Waals surface area contributed by atoms with Gasteiger partial charge >= 0.3 is 6.18 Å². The summed E-state index contributed by atoms with van der Waals surface area (Å²) in [4.78, 5) is 49.6. The van der Waals surface area contributed by atoms with E-state index in [0.29, 0.717) is 36.1 Å². The van der Waals surface area contributed by atoms with Crippen LogP contribution in [-0.2, 0) is 30.5 Å². The van der Waals surface area contributed by atoms with Gasteiger partial charge in [-0.25, -0.2) is 9.97 Å². The van der Waals surface area contributed by atoms with Crippen molar-refractivity contribution < 1.29 is 22.7 Å². The van der Waals surface area contributed by atoms with Gasteiger partial charge in [-0.15, -0.1) is 0 Å². The van der Waals surface area contributed by atoms with Gasteiger partial charge in [-0.1, -0.05) is 54.6 Å². The van der Waals surface area contributed by atoms with Crippen LogP contribution in [0, 0.1) is 0 Å². The molecule has 2 aromatic heterocycles. The van der Waals surface area contributed by atoms with E-state index in [9.17, 15) is 27.6 Å². The fourth-order valence-corrected chi connectivity index (χ4v) is 6.79. The molecule has 3 heterocycles. The first-order valence-corrected chi connectivity index (χ1v) is 17.3. The van der Waals surface area contributed by atoms with Gasteiger partial charge in [0.25, 0.3) is 11.1 Å². The minimum Gasteiger partial charge on any atom is -0.457 e. The normalized spacial score (nSPS) is 14.1. The predicted molar refractivity (Wildman–Crippen MR) is 187 cm³/mol. The van der Waals surface area contributed by atoms with Crippen LogP contribution >= 0.6 is 11.8 Å². The lowest BCUT2D eigenvalue weighted by molar-refractivity contribution is -0.137. The van der Waals surface area contributed by atoms with Crippen LogP contribution in [0.3, 0.4) is 0 Å². The summed E-state index contributed by atoms with van der Waals surface area (Å²) < 4.78 is 46.2. The maximum Gasteiger partial charge on any atom is 0.416 e. The number of rotatable bonds is 9. The molecule has 0 atom stereocenters. The Bertz CT molecular complexity index is 2050. The monoisotopic (exact) mass is 716 g/mol. The number of hydrogen-bond acceptors (Lipinski definition) is 8. The van der Waals surface area contributed by atoms with Gasteiger partial charge < -0.3 is 19.9 Å². The van der Waals surface area contributed by atoms with Crippen LogP contribution < -0.4 is 21.2 Å². The highest BCUT2D eigenvalue weighted by molar-refractivity contribution is 7.99. The van der Waals surface area contributed by atoms with E-state index in [2.05, 4.69) is 15.3 Å². The van der Waals surface area contributed by atoms with Gasteiger partial charge in [0.05, 0.1) is 41.9 Å². The fraction of sp³-hybridized carbons (Fsp3) is 0.270. The van der Waals surface area contributed by atoms with Crippen molar-refractivity contribution in [3.05, 3.63) is 141 Å². The summed E-state index contributed by atoms with van der Waals surface area (Å²) in [6, 6.07) is 22.5. The Balaban J connectivity index is 0.000000573. The van der Waals surface area contributed by atoms with Crippen LogP contribution in [0.1, 0.15) is 41.6 Å². The molecule has 0 unspecified atom stereocenters. The maximum absolute atomic E-state index is 13.8. The Morgan fingerprint density at radius 2 is 1.76 bits per heavy atom. The molecular weight excluding hydrogens is 682 g/mol. The van der Waals surface area contributed by atoms with Gasteiger partial charge in [0.15, 0.2) is 5.16 Å². The van der Waals surface area contributed by atoms with Gasteiger partial charge in [0, 0.05) is 37.0 Å². The molecule has 3 aromatic carbocycles. The lowest BCUT2D eigenvalue weighted by Gasteiger charge is -2.30. The third-order valence-electron chi connectivity index (χ3n) is 8.41. The number of nitrogens with zero attached hydrogens (tertiary/aromatic N) is 4. The second kappa shape index (κ2) is 16.2. The first-order chi connectivity index (χ1) is 24.6. The molecule has 5 aromatic rings. The van der Waals surface area contributed by atoms with Crippen LogP contribution in [0.25, 0.3) is 5.69 Å². The SMILES string of the molecule is O=C(CNCc1ccc(Oc2cccc(C(F)(F)F)c2)cc1)N1CCc2nc(SC3CCC3)n(-c3ccccc3)c(=O)c2C1.O=c1ccnc[nH]1. The molecule has 2 N–H and O–H groups in total. The lowest BCUT2D eigenvalue weighted by Crippen LogP contribution is -2.44. The number of aromatic amines is 1. The third-order valence-corrected chi connectivity index (χ3v) is 9.70. The number of amides is 1. The summed E-state index contributed by atoms with van der Waals surface area (Å²) in [5.74, 6) is 0.386. The molecule has 1 aliphatic carbocycles. The number of fused-ring (bicyclic) bond motifs is 1. The molecule has 264 valence electrons. The van der Waals surface area contributed by atoms with Crippen molar-refractivity contribution in [2.24, 2.45) is 0 Å². The van der Waals surface area contributed by atoms with Crippen LogP contribution in [0.5, 0.6) is 11.5 Å². The zero-order valence-corrected chi connectivity index (χ0v) is 28.3. The Hall–Kier alpha value is -5.21. The molecule has 0 spiro atoms. The Morgan fingerprint density at radius 3 is 2.41 bits per heavy atom. The smallest absolute Gasteiger partial charge is 0.416 e. The number of para-hydroxylation sites is 1. The van der Waals surface area contributed by atoms with Gasteiger partial charge in [-0.05, 0) is 60.9 Å². The highest BCUT2D eigenvalue weighted by atomic mass is 32.2. The summed E-state index contributed by atoms with van der Waals surface area (Å²) in [5, 5.41) is 4.35. The number of alkyl halides is 3. The number of H-pyrrole nitrogens is 1. The molecule has 0 saturated heterocycles. The van der Waals surface area contributed by atoms with E-state index in [-0.39, 0.29) is 35.9 Å². The Kier molecular flexibility index (Phi) is 11.3. The molecule has 1 amide bonds. The van der Waals surface area contributed by atoms with Gasteiger partial charge in [-0.3, -0.25) is 19.0 Å². The number of nitrogens with one attached hydrogen (secondary N) is 2. The zero-order chi connectivity index (χ0) is 35.8. The highest BCUT2D eigenvalue weighted by Gasteiger charge is 2.31. The maximum atomic E-state index is 13.8. The van der Waals surface area contributed by atoms with Crippen molar-refractivity contribution in [2.75, 3.05) is 13.1 Å². The quantitative estimate of drug-likeness (QED) is 0.175. The van der Waals surface area contributed by atoms with E-state index in [1.54, 1.807) is 45.5 Å². The molecule has 1 saturated carbocycles. The predicted octanol–water partition coefficient (Wildman–Crippen LogP) is 6.13. The topological polar surface area (TPSA) is 122 Å². The van der Waals surface area contributed by atoms with E-state index in [0.717, 1.165) is 47.1 Å². The number of aromatic nitrogens is 4. The first-order valence-electron chi connectivity index (χ1n) is 16.4. The second-order valence-electron chi connectivity index (χ2n) is 12.0. The number of ether oxygens (including phenoxy) is 1. The number of benzene rings is 3. The van der Waals surface area contributed by atoms with Crippen LogP contribution in [0.15, 0.2) is 112 Å². The number of thioether (sulfide) groups is 1. The largest absolute Gasteiger partial charge is 0.457 e. The molecule has 7 rings (SSSR count). The summed E-state index contributed by atoms with van der Waals surface area (Å²) in [7, 11) is 0. The molecule has 51 heavy (non-hydrogen) atoms. The zero-order valence-electron chi connectivity index (χ0n) is 27.4. The first kappa shape index (κ1) is 35.6. The van der Waals surface area contributed by atoms with Gasteiger partial charge in [0.2, 0.25) is 5.91 Å². The van der Waals surface area contributed by atoms with E-state index in [1.165, 1.54) is 37.1 Å². The van der Waals surface area contributed by atoms with E-state index < -0.39 is 11.7 Å². The minimum absolute atomic E-state index is 0.0910. The van der Waals surface area contributed by atoms with E-state index in [4.69, 9.17) is 9.72 Å². The summed E-state index contributed by atoms with van der Waals surface area (Å²) in [6.45, 7) is 1.20. The average Bonchev–Trinajstić information content (AvgIpc) is 3.11. The van der Waals surface area contributed by atoms with E-state index in [1.807, 2.05) is 30.3 Å².